The minimum absolute atomic E-state index is 0.288. The summed E-state index contributed by atoms with van der Waals surface area (Å²) in [6, 6.07) is 3.58. The Morgan fingerprint density at radius 2 is 1.95 bits per heavy atom. The van der Waals surface area contributed by atoms with Crippen LogP contribution in [0, 0.1) is 5.92 Å². The van der Waals surface area contributed by atoms with Gasteiger partial charge in [-0.1, -0.05) is 40.0 Å². The van der Waals surface area contributed by atoms with Gasteiger partial charge in [0.1, 0.15) is 5.82 Å². The van der Waals surface area contributed by atoms with Crippen molar-refractivity contribution in [1.82, 2.24) is 4.98 Å². The van der Waals surface area contributed by atoms with Gasteiger partial charge in [0.05, 0.1) is 5.56 Å². The second-order valence-corrected chi connectivity index (χ2v) is 5.30. The molecule has 0 amide bonds. The summed E-state index contributed by atoms with van der Waals surface area (Å²) in [5, 5.41) is 12.5. The number of nitrogens with zero attached hydrogens (tertiary/aromatic N) is 1. The number of carboxylic acid groups (broad SMARTS) is 1. The molecule has 1 heterocycles. The molecule has 0 aromatic carbocycles. The number of pyridine rings is 1. The van der Waals surface area contributed by atoms with Crippen LogP contribution >= 0.6 is 0 Å². The van der Waals surface area contributed by atoms with Crippen molar-refractivity contribution in [2.24, 2.45) is 5.92 Å². The average Bonchev–Trinajstić information content (AvgIpc) is 2.40. The summed E-state index contributed by atoms with van der Waals surface area (Å²) in [4.78, 5) is 15.7. The molecule has 0 radical (unpaired) electrons. The van der Waals surface area contributed by atoms with Gasteiger partial charge < -0.3 is 10.4 Å². The van der Waals surface area contributed by atoms with E-state index >= 15 is 0 Å². The summed E-state index contributed by atoms with van der Waals surface area (Å²) < 4.78 is 0. The van der Waals surface area contributed by atoms with Crippen molar-refractivity contribution in [2.45, 2.75) is 59.4 Å². The summed E-state index contributed by atoms with van der Waals surface area (Å²) in [5.74, 6) is 0.343. The fraction of sp³-hybridized carbons (Fsp3) is 0.625. The number of nitrogens with one attached hydrogen (secondary N) is 1. The third-order valence-corrected chi connectivity index (χ3v) is 3.76. The van der Waals surface area contributed by atoms with Crippen LogP contribution < -0.4 is 5.32 Å². The number of aryl methyl sites for hydroxylation is 1. The van der Waals surface area contributed by atoms with Crippen LogP contribution in [0.4, 0.5) is 5.82 Å². The van der Waals surface area contributed by atoms with Crippen LogP contribution in [0.3, 0.4) is 0 Å². The monoisotopic (exact) mass is 278 g/mol. The van der Waals surface area contributed by atoms with E-state index in [0.717, 1.165) is 31.4 Å². The van der Waals surface area contributed by atoms with Crippen molar-refractivity contribution in [3.8, 4) is 0 Å². The van der Waals surface area contributed by atoms with Crippen LogP contribution in [0.5, 0.6) is 0 Å². The first-order valence-electron chi connectivity index (χ1n) is 7.52. The molecular formula is C16H26N2O2. The van der Waals surface area contributed by atoms with Crippen molar-refractivity contribution in [2.75, 3.05) is 5.32 Å². The van der Waals surface area contributed by atoms with Crippen LogP contribution in [-0.4, -0.2) is 22.1 Å². The highest BCUT2D eigenvalue weighted by molar-refractivity contribution is 5.88. The van der Waals surface area contributed by atoms with E-state index in [9.17, 15) is 9.90 Å². The number of aromatic carboxylic acids is 1. The maximum absolute atomic E-state index is 11.2. The van der Waals surface area contributed by atoms with Crippen LogP contribution in [0.25, 0.3) is 0 Å². The van der Waals surface area contributed by atoms with Gasteiger partial charge in [-0.3, -0.25) is 0 Å². The molecule has 0 spiro atoms. The Morgan fingerprint density at radius 3 is 2.45 bits per heavy atom. The Kier molecular flexibility index (Phi) is 6.49. The van der Waals surface area contributed by atoms with Crippen molar-refractivity contribution >= 4 is 11.8 Å². The van der Waals surface area contributed by atoms with Gasteiger partial charge in [0.15, 0.2) is 0 Å². The van der Waals surface area contributed by atoms with E-state index in [1.807, 2.05) is 0 Å². The Hall–Kier alpha value is -1.58. The smallest absolute Gasteiger partial charge is 0.335 e. The molecule has 0 saturated heterocycles. The summed E-state index contributed by atoms with van der Waals surface area (Å²) in [5.41, 5.74) is 1.15. The molecule has 1 atom stereocenters. The zero-order chi connectivity index (χ0) is 15.1. The standard InChI is InChI=1S/C16H26N2O2/c1-5-8-14-9-13(16(19)20)10-15(18-14)17-11(4)12(6-2)7-3/h9-12H,5-8H2,1-4H3,(H,17,18)(H,19,20). The van der Waals surface area contributed by atoms with Gasteiger partial charge in [0, 0.05) is 11.7 Å². The van der Waals surface area contributed by atoms with Gasteiger partial charge in [-0.25, -0.2) is 9.78 Å². The third kappa shape index (κ3) is 4.51. The lowest BCUT2D eigenvalue weighted by molar-refractivity contribution is 0.0696. The van der Waals surface area contributed by atoms with Crippen LogP contribution in [-0.2, 0) is 6.42 Å². The van der Waals surface area contributed by atoms with Gasteiger partial charge in [0.2, 0.25) is 0 Å². The second kappa shape index (κ2) is 7.88. The van der Waals surface area contributed by atoms with Gasteiger partial charge in [0.25, 0.3) is 0 Å². The summed E-state index contributed by atoms with van der Waals surface area (Å²) in [6.07, 6.45) is 3.96. The molecule has 0 aliphatic rings. The fourth-order valence-corrected chi connectivity index (χ4v) is 2.52. The molecule has 1 unspecified atom stereocenters. The predicted octanol–water partition coefficient (Wildman–Crippen LogP) is 3.97. The minimum atomic E-state index is -0.900. The number of aromatic nitrogens is 1. The van der Waals surface area contributed by atoms with Crippen molar-refractivity contribution < 1.29 is 9.90 Å². The predicted molar refractivity (Wildman–Crippen MR) is 82.3 cm³/mol. The Morgan fingerprint density at radius 1 is 1.30 bits per heavy atom. The Labute approximate surface area is 121 Å². The maximum atomic E-state index is 11.2. The molecule has 1 rings (SSSR count). The number of anilines is 1. The van der Waals surface area contributed by atoms with E-state index in [0.29, 0.717) is 17.3 Å². The largest absolute Gasteiger partial charge is 0.478 e. The van der Waals surface area contributed by atoms with E-state index < -0.39 is 5.97 Å². The topological polar surface area (TPSA) is 62.2 Å². The SMILES string of the molecule is CCCc1cc(C(=O)O)cc(NC(C)C(CC)CC)n1. The van der Waals surface area contributed by atoms with E-state index in [1.165, 1.54) is 0 Å². The zero-order valence-corrected chi connectivity index (χ0v) is 12.9. The van der Waals surface area contributed by atoms with Crippen molar-refractivity contribution in [3.05, 3.63) is 23.4 Å². The Bertz CT molecular complexity index is 442. The molecule has 1 aromatic heterocycles. The van der Waals surface area contributed by atoms with E-state index in [2.05, 4.69) is 38.0 Å². The molecule has 20 heavy (non-hydrogen) atoms. The molecule has 112 valence electrons. The van der Waals surface area contributed by atoms with Crippen LogP contribution in [0.1, 0.15) is 63.0 Å². The number of hydrogen-bond acceptors (Lipinski definition) is 3. The molecular weight excluding hydrogens is 252 g/mol. The Balaban J connectivity index is 2.95. The maximum Gasteiger partial charge on any atom is 0.335 e. The van der Waals surface area contributed by atoms with E-state index in [-0.39, 0.29) is 6.04 Å². The lowest BCUT2D eigenvalue weighted by atomic mass is 9.95. The quantitative estimate of drug-likeness (QED) is 0.755. The first-order valence-corrected chi connectivity index (χ1v) is 7.52. The molecule has 0 saturated carbocycles. The van der Waals surface area contributed by atoms with Crippen LogP contribution in [0.15, 0.2) is 12.1 Å². The average molecular weight is 278 g/mol. The number of carbonyl (C=O) groups is 1. The van der Waals surface area contributed by atoms with Gasteiger partial charge >= 0.3 is 5.97 Å². The van der Waals surface area contributed by atoms with E-state index in [4.69, 9.17) is 0 Å². The molecule has 0 fully saturated rings. The van der Waals surface area contributed by atoms with Gasteiger partial charge in [-0.15, -0.1) is 0 Å². The number of rotatable bonds is 8. The van der Waals surface area contributed by atoms with Crippen molar-refractivity contribution in [3.63, 3.8) is 0 Å². The summed E-state index contributed by atoms with van der Waals surface area (Å²) >= 11 is 0. The van der Waals surface area contributed by atoms with E-state index in [1.54, 1.807) is 12.1 Å². The molecule has 4 heteroatoms. The molecule has 0 aliphatic carbocycles. The zero-order valence-electron chi connectivity index (χ0n) is 12.9. The molecule has 4 nitrogen and oxygen atoms in total. The molecule has 0 aliphatic heterocycles. The second-order valence-electron chi connectivity index (χ2n) is 5.30. The molecule has 2 N–H and O–H groups in total. The summed E-state index contributed by atoms with van der Waals surface area (Å²) in [7, 11) is 0. The molecule has 0 bridgehead atoms. The van der Waals surface area contributed by atoms with Gasteiger partial charge in [-0.05, 0) is 31.4 Å². The van der Waals surface area contributed by atoms with Crippen molar-refractivity contribution in [1.29, 1.82) is 0 Å². The molecule has 1 aromatic rings. The lowest BCUT2D eigenvalue weighted by Gasteiger charge is -2.23. The minimum Gasteiger partial charge on any atom is -0.478 e. The number of hydrogen-bond donors (Lipinski definition) is 2. The van der Waals surface area contributed by atoms with Crippen LogP contribution in [0.2, 0.25) is 0 Å². The third-order valence-electron chi connectivity index (χ3n) is 3.76. The number of carboxylic acids is 1. The highest BCUT2D eigenvalue weighted by atomic mass is 16.4. The lowest BCUT2D eigenvalue weighted by Crippen LogP contribution is -2.25. The fourth-order valence-electron chi connectivity index (χ4n) is 2.52. The summed E-state index contributed by atoms with van der Waals surface area (Å²) in [6.45, 7) is 8.55. The van der Waals surface area contributed by atoms with Gasteiger partial charge in [-0.2, -0.15) is 0 Å². The highest BCUT2D eigenvalue weighted by Crippen LogP contribution is 2.19. The first-order chi connectivity index (χ1) is 9.51. The first kappa shape index (κ1) is 16.5. The highest BCUT2D eigenvalue weighted by Gasteiger charge is 2.15. The normalized spacial score (nSPS) is 12.4.